The van der Waals surface area contributed by atoms with Gasteiger partial charge in [0.25, 0.3) is 0 Å². The van der Waals surface area contributed by atoms with Crippen LogP contribution in [0.1, 0.15) is 35.8 Å². The maximum atomic E-state index is 12.1. The van der Waals surface area contributed by atoms with E-state index in [0.717, 1.165) is 5.56 Å². The quantitative estimate of drug-likeness (QED) is 0.665. The van der Waals surface area contributed by atoms with Gasteiger partial charge in [0.15, 0.2) is 11.5 Å². The third-order valence-corrected chi connectivity index (χ3v) is 3.69. The molecule has 2 aromatic rings. The van der Waals surface area contributed by atoms with Crippen LogP contribution in [0, 0.1) is 0 Å². The third-order valence-electron chi connectivity index (χ3n) is 3.69. The summed E-state index contributed by atoms with van der Waals surface area (Å²) in [6.07, 6.45) is 1.62. The van der Waals surface area contributed by atoms with Gasteiger partial charge < -0.3 is 24.6 Å². The monoisotopic (exact) mass is 360 g/mol. The predicted molar refractivity (Wildman–Crippen MR) is 97.8 cm³/mol. The molecule has 1 atom stereocenters. The number of methoxy groups -OCH3 is 1. The lowest BCUT2D eigenvalue weighted by molar-refractivity contribution is 0.0527. The number of nitrogens with one attached hydrogen (secondary N) is 1. The molecule has 0 bridgehead atoms. The van der Waals surface area contributed by atoms with Gasteiger partial charge in [0.2, 0.25) is 0 Å². The number of carbonyl (C=O) groups excluding carboxylic acids is 1. The van der Waals surface area contributed by atoms with Gasteiger partial charge in [0.1, 0.15) is 18.0 Å². The molecule has 0 fully saturated rings. The normalized spacial score (nSPS) is 11.5. The Kier molecular flexibility index (Phi) is 7.23. The first-order chi connectivity index (χ1) is 12.6. The van der Waals surface area contributed by atoms with E-state index in [1.165, 1.54) is 0 Å². The second-order valence-corrected chi connectivity index (χ2v) is 5.47. The summed E-state index contributed by atoms with van der Waals surface area (Å²) in [6.45, 7) is 4.14. The van der Waals surface area contributed by atoms with E-state index in [4.69, 9.17) is 19.3 Å². The lowest BCUT2D eigenvalue weighted by atomic mass is 10.1. The molecular weight excluding hydrogens is 336 g/mol. The Bertz CT molecular complexity index is 736. The average Bonchev–Trinajstić information content (AvgIpc) is 2.66. The van der Waals surface area contributed by atoms with E-state index in [0.29, 0.717) is 29.5 Å². The number of rotatable bonds is 9. The predicted octanol–water partition coefficient (Wildman–Crippen LogP) is 2.81. The second-order valence-electron chi connectivity index (χ2n) is 5.47. The Hall–Kier alpha value is -2.80. The molecule has 0 aliphatic rings. The Morgan fingerprint density at radius 1 is 1.31 bits per heavy atom. The van der Waals surface area contributed by atoms with Crippen LogP contribution in [-0.4, -0.2) is 43.0 Å². The van der Waals surface area contributed by atoms with Crippen LogP contribution in [-0.2, 0) is 4.74 Å². The van der Waals surface area contributed by atoms with Crippen LogP contribution in [0.15, 0.2) is 36.5 Å². The minimum absolute atomic E-state index is 0.0703. The smallest absolute Gasteiger partial charge is 0.341 e. The van der Waals surface area contributed by atoms with Crippen molar-refractivity contribution in [3.8, 4) is 11.5 Å². The first kappa shape index (κ1) is 19.5. The second kappa shape index (κ2) is 9.62. The Labute approximate surface area is 152 Å². The minimum atomic E-state index is -0.416. The lowest BCUT2D eigenvalue weighted by Crippen LogP contribution is -2.14. The number of carbonyl (C=O) groups is 1. The number of pyridine rings is 1. The number of benzene rings is 1. The van der Waals surface area contributed by atoms with Gasteiger partial charge in [-0.2, -0.15) is 0 Å². The van der Waals surface area contributed by atoms with Crippen LogP contribution in [0.4, 0.5) is 5.82 Å². The van der Waals surface area contributed by atoms with Crippen LogP contribution in [0.25, 0.3) is 0 Å². The summed E-state index contributed by atoms with van der Waals surface area (Å²) in [5, 5.41) is 12.1. The summed E-state index contributed by atoms with van der Waals surface area (Å²) in [5.41, 5.74) is 1.31. The van der Waals surface area contributed by atoms with Gasteiger partial charge in [-0.3, -0.25) is 0 Å². The highest BCUT2D eigenvalue weighted by atomic mass is 16.5. The van der Waals surface area contributed by atoms with Crippen molar-refractivity contribution in [1.82, 2.24) is 4.98 Å². The highest BCUT2D eigenvalue weighted by Crippen LogP contribution is 2.31. The summed E-state index contributed by atoms with van der Waals surface area (Å²) in [5.74, 6) is 1.16. The van der Waals surface area contributed by atoms with Crippen molar-refractivity contribution in [3.63, 3.8) is 0 Å². The van der Waals surface area contributed by atoms with Crippen molar-refractivity contribution in [2.75, 3.05) is 32.2 Å². The van der Waals surface area contributed by atoms with Gasteiger partial charge in [-0.1, -0.05) is 6.07 Å². The molecular formula is C19H24N2O5. The van der Waals surface area contributed by atoms with Crippen LogP contribution < -0.4 is 14.8 Å². The zero-order valence-electron chi connectivity index (χ0n) is 15.2. The molecule has 0 radical (unpaired) electrons. The Morgan fingerprint density at radius 3 is 2.81 bits per heavy atom. The summed E-state index contributed by atoms with van der Waals surface area (Å²) in [7, 11) is 1.56. The van der Waals surface area contributed by atoms with Crippen LogP contribution in [0.5, 0.6) is 11.5 Å². The number of hydrogen-bond acceptors (Lipinski definition) is 7. The van der Waals surface area contributed by atoms with Gasteiger partial charge in [-0.25, -0.2) is 9.78 Å². The molecule has 26 heavy (non-hydrogen) atoms. The molecule has 0 aliphatic heterocycles. The molecule has 0 saturated carbocycles. The number of aliphatic hydroxyl groups excluding tert-OH is 1. The molecule has 0 spiro atoms. The van der Waals surface area contributed by atoms with Crippen LogP contribution >= 0.6 is 0 Å². The number of esters is 1. The fourth-order valence-electron chi connectivity index (χ4n) is 2.41. The Balaban J connectivity index is 2.20. The minimum Gasteiger partial charge on any atom is -0.493 e. The van der Waals surface area contributed by atoms with Gasteiger partial charge >= 0.3 is 5.97 Å². The summed E-state index contributed by atoms with van der Waals surface area (Å²) in [6, 6.07) is 8.74. The fraction of sp³-hybridized carbons (Fsp3) is 0.368. The van der Waals surface area contributed by atoms with E-state index in [2.05, 4.69) is 10.3 Å². The van der Waals surface area contributed by atoms with Gasteiger partial charge in [0, 0.05) is 6.20 Å². The topological polar surface area (TPSA) is 89.9 Å². The van der Waals surface area contributed by atoms with Crippen molar-refractivity contribution in [2.45, 2.75) is 19.9 Å². The standard InChI is InChI=1S/C19H24N2O5/c1-4-25-19(23)15-6-5-9-20-18(15)21-13(2)14-7-8-16(26-11-10-22)17(12-14)24-3/h5-9,12-13,22H,4,10-11H2,1-3H3,(H,20,21). The molecule has 1 aromatic carbocycles. The summed E-state index contributed by atoms with van der Waals surface area (Å²) < 4.78 is 15.9. The fourth-order valence-corrected chi connectivity index (χ4v) is 2.41. The first-order valence-corrected chi connectivity index (χ1v) is 8.41. The van der Waals surface area contributed by atoms with E-state index in [-0.39, 0.29) is 19.3 Å². The zero-order valence-corrected chi connectivity index (χ0v) is 15.2. The van der Waals surface area contributed by atoms with Crippen molar-refractivity contribution < 1.29 is 24.1 Å². The highest BCUT2D eigenvalue weighted by Gasteiger charge is 2.17. The molecule has 7 nitrogen and oxygen atoms in total. The van der Waals surface area contributed by atoms with Gasteiger partial charge in [-0.05, 0) is 43.7 Å². The first-order valence-electron chi connectivity index (χ1n) is 8.41. The molecule has 2 rings (SSSR count). The largest absolute Gasteiger partial charge is 0.493 e. The van der Waals surface area contributed by atoms with Gasteiger partial charge in [0.05, 0.1) is 26.4 Å². The highest BCUT2D eigenvalue weighted by molar-refractivity contribution is 5.94. The number of anilines is 1. The van der Waals surface area contributed by atoms with E-state index >= 15 is 0 Å². The maximum Gasteiger partial charge on any atom is 0.341 e. The van der Waals surface area contributed by atoms with E-state index in [9.17, 15) is 4.79 Å². The van der Waals surface area contributed by atoms with Crippen molar-refractivity contribution in [3.05, 3.63) is 47.7 Å². The third kappa shape index (κ3) is 4.86. The molecule has 0 amide bonds. The molecule has 0 aliphatic carbocycles. The van der Waals surface area contributed by atoms with Crippen molar-refractivity contribution in [2.24, 2.45) is 0 Å². The molecule has 1 aromatic heterocycles. The molecule has 1 unspecified atom stereocenters. The molecule has 140 valence electrons. The van der Waals surface area contributed by atoms with E-state index < -0.39 is 5.97 Å². The van der Waals surface area contributed by atoms with E-state index in [1.54, 1.807) is 38.4 Å². The summed E-state index contributed by atoms with van der Waals surface area (Å²) in [4.78, 5) is 16.3. The molecule has 2 N–H and O–H groups in total. The molecule has 7 heteroatoms. The Morgan fingerprint density at radius 2 is 2.12 bits per heavy atom. The SMILES string of the molecule is CCOC(=O)c1cccnc1NC(C)c1ccc(OCCO)c(OC)c1. The van der Waals surface area contributed by atoms with E-state index in [1.807, 2.05) is 19.1 Å². The maximum absolute atomic E-state index is 12.1. The average molecular weight is 360 g/mol. The zero-order chi connectivity index (χ0) is 18.9. The lowest BCUT2D eigenvalue weighted by Gasteiger charge is -2.18. The molecule has 1 heterocycles. The molecule has 0 saturated heterocycles. The van der Waals surface area contributed by atoms with Gasteiger partial charge in [-0.15, -0.1) is 0 Å². The number of nitrogens with zero attached hydrogens (tertiary/aromatic N) is 1. The van der Waals surface area contributed by atoms with Crippen molar-refractivity contribution in [1.29, 1.82) is 0 Å². The summed E-state index contributed by atoms with van der Waals surface area (Å²) >= 11 is 0. The number of aromatic nitrogens is 1. The number of ether oxygens (including phenoxy) is 3. The number of hydrogen-bond donors (Lipinski definition) is 2. The van der Waals surface area contributed by atoms with Crippen LogP contribution in [0.2, 0.25) is 0 Å². The number of aliphatic hydroxyl groups is 1. The van der Waals surface area contributed by atoms with Crippen molar-refractivity contribution >= 4 is 11.8 Å². The van der Waals surface area contributed by atoms with Crippen LogP contribution in [0.3, 0.4) is 0 Å².